The number of fused-ring (bicyclic) bond motifs is 6. The Morgan fingerprint density at radius 1 is 0.271 bits per heavy atom. The fraction of sp³-hybridized carbons (Fsp3) is 0. The molecule has 0 saturated heterocycles. The monoisotopic (exact) mass is 612 g/mol. The lowest BCUT2D eigenvalue weighted by Gasteiger charge is -2.16. The van der Waals surface area contributed by atoms with Crippen LogP contribution in [0.3, 0.4) is 0 Å². The van der Waals surface area contributed by atoms with Gasteiger partial charge < -0.3 is 0 Å². The number of rotatable bonds is 5. The van der Waals surface area contributed by atoms with Crippen LogP contribution in [0.4, 0.5) is 0 Å². The van der Waals surface area contributed by atoms with E-state index in [1.807, 2.05) is 48.5 Å². The summed E-state index contributed by atoms with van der Waals surface area (Å²) in [5.41, 5.74) is 7.25. The summed E-state index contributed by atoms with van der Waals surface area (Å²) in [5, 5.41) is 7.58. The highest BCUT2D eigenvalue weighted by atomic mass is 15.0. The molecule has 9 rings (SSSR count). The molecule has 7 aromatic carbocycles. The van der Waals surface area contributed by atoms with Crippen molar-refractivity contribution in [1.82, 2.24) is 19.9 Å². The van der Waals surface area contributed by atoms with E-state index in [-0.39, 0.29) is 0 Å². The standard InChI is InChI=1S/C44H28N4/c1-2-12-29(13-3-1)42-46-43(30-24-26-45-27-25-30)48-44(47-42)40-21-11-10-19-37(40)33-15-5-4-14-32(33)31-22-23-39-36-18-7-6-16-34(36)35-17-8-9-20-38(35)41(39)28-31/h1-28H. The first-order chi connectivity index (χ1) is 23.8. The second-order valence-electron chi connectivity index (χ2n) is 11.9. The Bertz CT molecular complexity index is 2520. The van der Waals surface area contributed by atoms with E-state index in [1.165, 1.54) is 32.3 Å². The van der Waals surface area contributed by atoms with Crippen molar-refractivity contribution in [2.24, 2.45) is 0 Å². The number of nitrogens with zero attached hydrogens (tertiary/aromatic N) is 4. The molecule has 0 aliphatic heterocycles. The summed E-state index contributed by atoms with van der Waals surface area (Å²) in [7, 11) is 0. The van der Waals surface area contributed by atoms with Crippen LogP contribution in [0, 0.1) is 0 Å². The topological polar surface area (TPSA) is 51.6 Å². The van der Waals surface area contributed by atoms with Crippen LogP contribution in [0.25, 0.3) is 88.7 Å². The largest absolute Gasteiger partial charge is 0.265 e. The number of pyridine rings is 1. The molecule has 0 amide bonds. The molecule has 0 spiro atoms. The lowest BCUT2D eigenvalue weighted by molar-refractivity contribution is 1.07. The molecule has 224 valence electrons. The van der Waals surface area contributed by atoms with Crippen molar-refractivity contribution in [3.8, 4) is 56.4 Å². The lowest BCUT2D eigenvalue weighted by atomic mass is 9.88. The van der Waals surface area contributed by atoms with Gasteiger partial charge in [0.05, 0.1) is 0 Å². The Hall–Kier alpha value is -6.52. The Morgan fingerprint density at radius 2 is 0.708 bits per heavy atom. The third-order valence-corrected chi connectivity index (χ3v) is 9.05. The third-order valence-electron chi connectivity index (χ3n) is 9.05. The van der Waals surface area contributed by atoms with Crippen molar-refractivity contribution in [2.45, 2.75) is 0 Å². The fourth-order valence-electron chi connectivity index (χ4n) is 6.80. The molecule has 4 heteroatoms. The quantitative estimate of drug-likeness (QED) is 0.181. The van der Waals surface area contributed by atoms with E-state index in [1.54, 1.807) is 12.4 Å². The summed E-state index contributed by atoms with van der Waals surface area (Å²) in [6, 6.07) is 55.3. The number of aromatic nitrogens is 4. The van der Waals surface area contributed by atoms with E-state index in [4.69, 9.17) is 15.0 Å². The normalized spacial score (nSPS) is 11.3. The second-order valence-corrected chi connectivity index (χ2v) is 11.9. The summed E-state index contributed by atoms with van der Waals surface area (Å²) in [4.78, 5) is 19.2. The maximum Gasteiger partial charge on any atom is 0.164 e. The van der Waals surface area contributed by atoms with Crippen molar-refractivity contribution < 1.29 is 0 Å². The zero-order chi connectivity index (χ0) is 31.9. The highest BCUT2D eigenvalue weighted by molar-refractivity contribution is 6.25. The van der Waals surface area contributed by atoms with Crippen LogP contribution in [0.15, 0.2) is 170 Å². The van der Waals surface area contributed by atoms with Crippen LogP contribution in [0.2, 0.25) is 0 Å². The second kappa shape index (κ2) is 11.7. The van der Waals surface area contributed by atoms with Crippen LogP contribution in [-0.2, 0) is 0 Å². The third kappa shape index (κ3) is 4.79. The zero-order valence-electron chi connectivity index (χ0n) is 26.0. The van der Waals surface area contributed by atoms with Gasteiger partial charge in [-0.15, -0.1) is 0 Å². The Labute approximate surface area is 278 Å². The maximum absolute atomic E-state index is 5.05. The van der Waals surface area contributed by atoms with E-state index in [0.29, 0.717) is 17.5 Å². The SMILES string of the molecule is c1ccc(-c2nc(-c3ccncc3)nc(-c3ccccc3-c3ccccc3-c3ccc4c5ccccc5c5ccccc5c4c3)n2)cc1. The lowest BCUT2D eigenvalue weighted by Crippen LogP contribution is -2.01. The summed E-state index contributed by atoms with van der Waals surface area (Å²) in [6.45, 7) is 0. The molecule has 0 aliphatic rings. The van der Waals surface area contributed by atoms with Gasteiger partial charge in [0.15, 0.2) is 17.5 Å². The van der Waals surface area contributed by atoms with Crippen molar-refractivity contribution in [3.05, 3.63) is 170 Å². The minimum Gasteiger partial charge on any atom is -0.265 e. The average molecular weight is 613 g/mol. The van der Waals surface area contributed by atoms with Gasteiger partial charge in [0, 0.05) is 29.1 Å². The molecular formula is C44H28N4. The average Bonchev–Trinajstić information content (AvgIpc) is 3.18. The molecule has 0 saturated carbocycles. The molecule has 0 unspecified atom stereocenters. The zero-order valence-corrected chi connectivity index (χ0v) is 26.0. The van der Waals surface area contributed by atoms with E-state index in [9.17, 15) is 0 Å². The molecule has 48 heavy (non-hydrogen) atoms. The Morgan fingerprint density at radius 3 is 1.33 bits per heavy atom. The van der Waals surface area contributed by atoms with E-state index < -0.39 is 0 Å². The van der Waals surface area contributed by atoms with Crippen LogP contribution in [-0.4, -0.2) is 19.9 Å². The molecule has 9 aromatic rings. The van der Waals surface area contributed by atoms with Crippen LogP contribution < -0.4 is 0 Å². The van der Waals surface area contributed by atoms with E-state index in [2.05, 4.69) is 114 Å². The predicted octanol–water partition coefficient (Wildman–Crippen LogP) is 11.1. The predicted molar refractivity (Wildman–Crippen MR) is 197 cm³/mol. The van der Waals surface area contributed by atoms with Gasteiger partial charge in [0.25, 0.3) is 0 Å². The maximum atomic E-state index is 5.05. The van der Waals surface area contributed by atoms with E-state index in [0.717, 1.165) is 38.9 Å². The van der Waals surface area contributed by atoms with Crippen molar-refractivity contribution in [2.75, 3.05) is 0 Å². The van der Waals surface area contributed by atoms with Crippen molar-refractivity contribution >= 4 is 32.3 Å². The highest BCUT2D eigenvalue weighted by Crippen LogP contribution is 2.41. The van der Waals surface area contributed by atoms with Crippen molar-refractivity contribution in [3.63, 3.8) is 0 Å². The fourth-order valence-corrected chi connectivity index (χ4v) is 6.80. The molecule has 0 bridgehead atoms. The molecule has 4 nitrogen and oxygen atoms in total. The van der Waals surface area contributed by atoms with Gasteiger partial charge >= 0.3 is 0 Å². The van der Waals surface area contributed by atoms with Crippen LogP contribution in [0.1, 0.15) is 0 Å². The molecule has 0 fully saturated rings. The molecule has 2 heterocycles. The first-order valence-corrected chi connectivity index (χ1v) is 16.1. The molecule has 2 aromatic heterocycles. The number of hydrogen-bond acceptors (Lipinski definition) is 4. The number of hydrogen-bond donors (Lipinski definition) is 0. The van der Waals surface area contributed by atoms with Gasteiger partial charge in [-0.3, -0.25) is 4.98 Å². The van der Waals surface area contributed by atoms with Gasteiger partial charge in [-0.2, -0.15) is 0 Å². The Kier molecular flexibility index (Phi) is 6.76. The van der Waals surface area contributed by atoms with Crippen molar-refractivity contribution in [1.29, 1.82) is 0 Å². The molecule has 0 aliphatic carbocycles. The first-order valence-electron chi connectivity index (χ1n) is 16.1. The van der Waals surface area contributed by atoms with Gasteiger partial charge in [0.2, 0.25) is 0 Å². The summed E-state index contributed by atoms with van der Waals surface area (Å²) in [6.07, 6.45) is 3.53. The van der Waals surface area contributed by atoms with Gasteiger partial charge in [-0.1, -0.05) is 140 Å². The smallest absolute Gasteiger partial charge is 0.164 e. The molecule has 0 atom stereocenters. The van der Waals surface area contributed by atoms with Gasteiger partial charge in [-0.25, -0.2) is 15.0 Å². The van der Waals surface area contributed by atoms with Gasteiger partial charge in [0.1, 0.15) is 0 Å². The number of benzene rings is 7. The van der Waals surface area contributed by atoms with E-state index >= 15 is 0 Å². The summed E-state index contributed by atoms with van der Waals surface area (Å²) in [5.74, 6) is 1.86. The first kappa shape index (κ1) is 27.8. The molecule has 0 radical (unpaired) electrons. The highest BCUT2D eigenvalue weighted by Gasteiger charge is 2.18. The minimum atomic E-state index is 0.609. The summed E-state index contributed by atoms with van der Waals surface area (Å²) >= 11 is 0. The van der Waals surface area contributed by atoms with Gasteiger partial charge in [-0.05, 0) is 72.8 Å². The Balaban J connectivity index is 1.25. The van der Waals surface area contributed by atoms with Crippen LogP contribution >= 0.6 is 0 Å². The molecular weight excluding hydrogens is 585 g/mol. The summed E-state index contributed by atoms with van der Waals surface area (Å²) < 4.78 is 0. The minimum absolute atomic E-state index is 0.609. The van der Waals surface area contributed by atoms with Crippen LogP contribution in [0.5, 0.6) is 0 Å². The molecule has 0 N–H and O–H groups in total.